The van der Waals surface area contributed by atoms with E-state index in [4.69, 9.17) is 11.6 Å². The molecule has 0 aliphatic heterocycles. The normalized spacial score (nSPS) is 12.5. The lowest BCUT2D eigenvalue weighted by Crippen LogP contribution is -2.16. The molecule has 0 spiro atoms. The molecule has 76 valence electrons. The van der Waals surface area contributed by atoms with Gasteiger partial charge in [0.2, 0.25) is 0 Å². The van der Waals surface area contributed by atoms with Crippen LogP contribution in [0, 0.1) is 5.82 Å². The summed E-state index contributed by atoms with van der Waals surface area (Å²) in [5.74, 6) is -0.240. The highest BCUT2D eigenvalue weighted by molar-refractivity contribution is 6.30. The number of hydrogen-bond donors (Lipinski definition) is 1. The van der Waals surface area contributed by atoms with Crippen molar-refractivity contribution in [3.8, 4) is 0 Å². The molecule has 0 aliphatic carbocycles. The molecule has 0 saturated heterocycles. The minimum atomic E-state index is -0.240. The Morgan fingerprint density at radius 3 is 2.93 bits per heavy atom. The van der Waals surface area contributed by atoms with E-state index < -0.39 is 0 Å². The highest BCUT2D eigenvalue weighted by Gasteiger charge is 2.12. The van der Waals surface area contributed by atoms with E-state index >= 15 is 0 Å². The van der Waals surface area contributed by atoms with Crippen molar-refractivity contribution in [3.63, 3.8) is 0 Å². The number of nitrogens with one attached hydrogen (secondary N) is 1. The molecule has 1 aromatic rings. The van der Waals surface area contributed by atoms with Gasteiger partial charge in [0.1, 0.15) is 5.82 Å². The third-order valence-corrected chi connectivity index (χ3v) is 2.32. The summed E-state index contributed by atoms with van der Waals surface area (Å²) in [6.07, 6.45) is 2.43. The van der Waals surface area contributed by atoms with E-state index in [1.54, 1.807) is 25.3 Å². The van der Waals surface area contributed by atoms with Crippen LogP contribution >= 0.6 is 11.6 Å². The zero-order valence-corrected chi connectivity index (χ0v) is 8.81. The summed E-state index contributed by atoms with van der Waals surface area (Å²) in [5, 5.41) is 3.56. The maximum atomic E-state index is 13.4. The highest BCUT2D eigenvalue weighted by Crippen LogP contribution is 2.23. The molecule has 1 rings (SSSR count). The van der Waals surface area contributed by atoms with Gasteiger partial charge in [0, 0.05) is 16.6 Å². The molecule has 0 saturated carbocycles. The Bertz CT molecular complexity index is 325. The zero-order valence-electron chi connectivity index (χ0n) is 8.06. The molecule has 3 heteroatoms. The summed E-state index contributed by atoms with van der Waals surface area (Å²) in [5.41, 5.74) is 0.583. The molecule has 0 aromatic heterocycles. The van der Waals surface area contributed by atoms with Crippen molar-refractivity contribution in [3.05, 3.63) is 47.3 Å². The van der Waals surface area contributed by atoms with Gasteiger partial charge < -0.3 is 5.32 Å². The molecule has 0 bridgehead atoms. The minimum absolute atomic E-state index is 0.0637. The number of halogens is 2. The molecule has 1 unspecified atom stereocenters. The third-order valence-electron chi connectivity index (χ3n) is 2.08. The average molecular weight is 214 g/mol. The van der Waals surface area contributed by atoms with Crippen molar-refractivity contribution in [2.75, 3.05) is 7.05 Å². The lowest BCUT2D eigenvalue weighted by atomic mass is 10.0. The maximum absolute atomic E-state index is 13.4. The fraction of sp³-hybridized carbons (Fsp3) is 0.273. The van der Waals surface area contributed by atoms with Gasteiger partial charge in [-0.2, -0.15) is 0 Å². The summed E-state index contributed by atoms with van der Waals surface area (Å²) in [6, 6.07) is 4.50. The van der Waals surface area contributed by atoms with Crippen molar-refractivity contribution in [1.29, 1.82) is 0 Å². The largest absolute Gasteiger partial charge is 0.313 e. The van der Waals surface area contributed by atoms with Crippen molar-refractivity contribution >= 4 is 11.6 Å². The van der Waals surface area contributed by atoms with E-state index in [0.717, 1.165) is 0 Å². The summed E-state index contributed by atoms with van der Waals surface area (Å²) in [6.45, 7) is 3.63. The molecule has 14 heavy (non-hydrogen) atoms. The number of rotatable bonds is 4. The van der Waals surface area contributed by atoms with Gasteiger partial charge in [-0.05, 0) is 31.7 Å². The van der Waals surface area contributed by atoms with E-state index in [2.05, 4.69) is 11.9 Å². The van der Waals surface area contributed by atoms with E-state index in [-0.39, 0.29) is 11.9 Å². The van der Waals surface area contributed by atoms with Gasteiger partial charge >= 0.3 is 0 Å². The van der Waals surface area contributed by atoms with Gasteiger partial charge in [0.25, 0.3) is 0 Å². The fourth-order valence-corrected chi connectivity index (χ4v) is 1.53. The highest BCUT2D eigenvalue weighted by atomic mass is 35.5. The van der Waals surface area contributed by atoms with Crippen molar-refractivity contribution in [2.45, 2.75) is 12.5 Å². The van der Waals surface area contributed by atoms with E-state index in [1.165, 1.54) is 6.07 Å². The second-order valence-electron chi connectivity index (χ2n) is 3.03. The van der Waals surface area contributed by atoms with Crippen LogP contribution in [-0.4, -0.2) is 7.05 Å². The first-order valence-electron chi connectivity index (χ1n) is 4.42. The van der Waals surface area contributed by atoms with E-state index in [1.807, 2.05) is 0 Å². The predicted molar refractivity (Wildman–Crippen MR) is 58.0 cm³/mol. The Balaban J connectivity index is 3.01. The van der Waals surface area contributed by atoms with Crippen LogP contribution < -0.4 is 5.32 Å². The van der Waals surface area contributed by atoms with E-state index in [9.17, 15) is 4.39 Å². The van der Waals surface area contributed by atoms with Gasteiger partial charge in [-0.15, -0.1) is 6.58 Å². The van der Waals surface area contributed by atoms with Gasteiger partial charge in [0.05, 0.1) is 0 Å². The average Bonchev–Trinajstić information content (AvgIpc) is 2.18. The Labute approximate surface area is 88.6 Å². The minimum Gasteiger partial charge on any atom is -0.313 e. The van der Waals surface area contributed by atoms with Gasteiger partial charge in [-0.3, -0.25) is 0 Å². The fourth-order valence-electron chi connectivity index (χ4n) is 1.35. The van der Waals surface area contributed by atoms with Gasteiger partial charge in [0.15, 0.2) is 0 Å². The molecule has 1 aromatic carbocycles. The quantitative estimate of drug-likeness (QED) is 0.757. The Morgan fingerprint density at radius 1 is 1.64 bits per heavy atom. The molecule has 1 nitrogen and oxygen atoms in total. The molecule has 0 fully saturated rings. The molecular formula is C11H13ClFN. The summed E-state index contributed by atoms with van der Waals surface area (Å²) in [4.78, 5) is 0. The monoisotopic (exact) mass is 213 g/mol. The second-order valence-corrected chi connectivity index (χ2v) is 3.47. The van der Waals surface area contributed by atoms with E-state index in [0.29, 0.717) is 17.0 Å². The lowest BCUT2D eigenvalue weighted by molar-refractivity contribution is 0.540. The van der Waals surface area contributed by atoms with Crippen LogP contribution in [0.4, 0.5) is 4.39 Å². The van der Waals surface area contributed by atoms with Gasteiger partial charge in [-0.25, -0.2) is 4.39 Å². The van der Waals surface area contributed by atoms with Crippen molar-refractivity contribution < 1.29 is 4.39 Å². The molecule has 1 atom stereocenters. The molecule has 0 radical (unpaired) electrons. The van der Waals surface area contributed by atoms with Crippen LogP contribution in [0.15, 0.2) is 30.9 Å². The second kappa shape index (κ2) is 5.13. The molecule has 1 N–H and O–H groups in total. The van der Waals surface area contributed by atoms with Crippen LogP contribution in [0.25, 0.3) is 0 Å². The molecule has 0 amide bonds. The number of benzene rings is 1. The van der Waals surface area contributed by atoms with Crippen molar-refractivity contribution in [2.24, 2.45) is 0 Å². The SMILES string of the molecule is C=CCC(NC)c1cc(Cl)ccc1F. The zero-order chi connectivity index (χ0) is 10.6. The van der Waals surface area contributed by atoms with Crippen LogP contribution in [0.5, 0.6) is 0 Å². The predicted octanol–water partition coefficient (Wildman–Crippen LogP) is 3.32. The molecule has 0 heterocycles. The Hall–Kier alpha value is -0.860. The topological polar surface area (TPSA) is 12.0 Å². The van der Waals surface area contributed by atoms with Crippen LogP contribution in [0.2, 0.25) is 5.02 Å². The van der Waals surface area contributed by atoms with Crippen LogP contribution in [0.1, 0.15) is 18.0 Å². The lowest BCUT2D eigenvalue weighted by Gasteiger charge is -2.15. The summed E-state index contributed by atoms with van der Waals surface area (Å²) < 4.78 is 13.4. The molecule has 0 aliphatic rings. The maximum Gasteiger partial charge on any atom is 0.128 e. The van der Waals surface area contributed by atoms with Gasteiger partial charge in [-0.1, -0.05) is 17.7 Å². The van der Waals surface area contributed by atoms with Crippen molar-refractivity contribution in [1.82, 2.24) is 5.32 Å². The van der Waals surface area contributed by atoms with Crippen LogP contribution in [0.3, 0.4) is 0 Å². The summed E-state index contributed by atoms with van der Waals surface area (Å²) >= 11 is 5.80. The smallest absolute Gasteiger partial charge is 0.128 e. The Morgan fingerprint density at radius 2 is 2.36 bits per heavy atom. The number of hydrogen-bond acceptors (Lipinski definition) is 1. The molecular weight excluding hydrogens is 201 g/mol. The standard InChI is InChI=1S/C11H13ClFN/c1-3-4-11(14-2)9-7-8(12)5-6-10(9)13/h3,5-7,11,14H,1,4H2,2H3. The first-order valence-corrected chi connectivity index (χ1v) is 4.80. The first-order chi connectivity index (χ1) is 6.69. The first kappa shape index (κ1) is 11.2. The third kappa shape index (κ3) is 2.56. The summed E-state index contributed by atoms with van der Waals surface area (Å²) in [7, 11) is 1.79. The Kier molecular flexibility index (Phi) is 4.11. The van der Waals surface area contributed by atoms with Crippen LogP contribution in [-0.2, 0) is 0 Å².